The predicted molar refractivity (Wildman–Crippen MR) is 387 cm³/mol. The smallest absolute Gasteiger partial charge is 0.0935 e. The summed E-state index contributed by atoms with van der Waals surface area (Å²) in [5.41, 5.74) is 43.3. The fourth-order valence-corrected chi connectivity index (χ4v) is 9.50. The number of rotatable bonds is 22. The molecule has 0 aromatic heterocycles. The molecule has 2 saturated heterocycles. The molecule has 85 heavy (non-hydrogen) atoms. The number of likely N-dealkylation sites (N-methyl/N-ethyl adjacent to an activating group) is 2. The minimum atomic E-state index is 0. The van der Waals surface area contributed by atoms with Crippen LogP contribution >= 0.6 is 0 Å². The molecule has 2 saturated carbocycles. The Morgan fingerprint density at radius 2 is 1.06 bits per heavy atom. The van der Waals surface area contributed by atoms with E-state index in [4.69, 9.17) is 44.9 Å². The molecule has 0 amide bonds. The van der Waals surface area contributed by atoms with E-state index in [1.54, 1.807) is 0 Å². The molecule has 2 aromatic rings. The van der Waals surface area contributed by atoms with Crippen molar-refractivity contribution in [1.82, 2.24) is 10.6 Å². The average molecular weight is 1230 g/mol. The number of benzene rings is 2. The van der Waals surface area contributed by atoms with Crippen molar-refractivity contribution in [3.8, 4) is 0 Å². The monoisotopic (exact) mass is 1230 g/mol. The highest BCUT2D eigenvalue weighted by atomic mass is 16.5. The van der Waals surface area contributed by atoms with Crippen LogP contribution in [0.1, 0.15) is 112 Å². The summed E-state index contributed by atoms with van der Waals surface area (Å²) in [6.07, 6.45) is 12.2. The molecule has 2 aromatic carbocycles. The summed E-state index contributed by atoms with van der Waals surface area (Å²) >= 11 is 0. The number of hydrogen-bond acceptors (Lipinski definition) is 10. The molecular formula is C66H170N18O. The van der Waals surface area contributed by atoms with Gasteiger partial charge in [0.1, 0.15) is 0 Å². The maximum absolute atomic E-state index is 5.64. The first-order valence-electron chi connectivity index (χ1n) is 32.3. The molecule has 2 aliphatic heterocycles. The van der Waals surface area contributed by atoms with Gasteiger partial charge < -0.3 is 100 Å². The summed E-state index contributed by atoms with van der Waals surface area (Å²) < 4.78 is 5.11. The van der Waals surface area contributed by atoms with Crippen LogP contribution in [0.15, 0.2) is 48.5 Å². The van der Waals surface area contributed by atoms with Crippen LogP contribution in [0.25, 0.3) is 0 Å². The van der Waals surface area contributed by atoms with Crippen LogP contribution in [-0.2, 0) is 30.9 Å². The van der Waals surface area contributed by atoms with E-state index in [-0.39, 0.29) is 24.0 Å². The van der Waals surface area contributed by atoms with E-state index in [0.29, 0.717) is 26.2 Å². The zero-order chi connectivity index (χ0) is 64.7. The number of hydrogen-bond donors (Lipinski definition) is 18. The van der Waals surface area contributed by atoms with E-state index in [9.17, 15) is 0 Å². The van der Waals surface area contributed by atoms with Crippen LogP contribution in [0.5, 0.6) is 0 Å². The van der Waals surface area contributed by atoms with Gasteiger partial charge in [0.2, 0.25) is 0 Å². The average Bonchev–Trinajstić information content (AvgIpc) is 1.18. The van der Waals surface area contributed by atoms with Crippen molar-refractivity contribution in [2.24, 2.45) is 69.2 Å². The van der Waals surface area contributed by atoms with Crippen LogP contribution in [0, 0.1) is 92.5 Å². The summed E-state index contributed by atoms with van der Waals surface area (Å²) in [6.45, 7) is 27.4. The molecule has 19 heteroatoms. The Morgan fingerprint density at radius 3 is 1.49 bits per heavy atom. The van der Waals surface area contributed by atoms with E-state index >= 15 is 0 Å². The van der Waals surface area contributed by atoms with Gasteiger partial charge in [-0.15, -0.1) is 0 Å². The fraction of sp³-hybridized carbons (Fsp3) is 0.682. The third kappa shape index (κ3) is 59.1. The topological polar surface area (TPSA) is 280 Å². The van der Waals surface area contributed by atoms with Crippen LogP contribution < -0.4 is 95.7 Å². The molecule has 0 spiro atoms. The highest BCUT2D eigenvalue weighted by Gasteiger charge is 2.22. The molecule has 530 valence electrons. The van der Waals surface area contributed by atoms with E-state index in [2.05, 4.69) is 131 Å². The molecule has 4 fully saturated rings. The van der Waals surface area contributed by atoms with Crippen molar-refractivity contribution in [2.45, 2.75) is 97.8 Å². The molecule has 2 aliphatic carbocycles. The molecule has 19 nitrogen and oxygen atoms in total. The summed E-state index contributed by atoms with van der Waals surface area (Å²) in [7, 11) is 44.5. The van der Waals surface area contributed by atoms with Crippen molar-refractivity contribution < 1.29 is 68.2 Å². The van der Waals surface area contributed by atoms with Crippen molar-refractivity contribution in [3.05, 3.63) is 134 Å². The first-order chi connectivity index (χ1) is 40.5. The van der Waals surface area contributed by atoms with Gasteiger partial charge in [-0.1, -0.05) is 62.7 Å². The summed E-state index contributed by atoms with van der Waals surface area (Å²) in [6, 6.07) is 16.7. The largest absolute Gasteiger partial charge is 0.479 e. The van der Waals surface area contributed by atoms with E-state index in [0.717, 1.165) is 119 Å². The second kappa shape index (κ2) is 59.3. The molecule has 8 atom stereocenters. The van der Waals surface area contributed by atoms with Crippen molar-refractivity contribution in [2.75, 3.05) is 166 Å². The molecule has 27 N–H and O–H groups in total. The maximum atomic E-state index is 5.64. The van der Waals surface area contributed by atoms with Gasteiger partial charge in [-0.25, -0.2) is 0 Å². The molecule has 0 bridgehead atoms. The third-order valence-corrected chi connectivity index (χ3v) is 14.8. The Morgan fingerprint density at radius 1 is 0.553 bits per heavy atom. The quantitative estimate of drug-likeness (QED) is 0.0402. The zero-order valence-electron chi connectivity index (χ0n) is 56.2. The van der Waals surface area contributed by atoms with Gasteiger partial charge in [-0.3, -0.25) is 0 Å². The van der Waals surface area contributed by atoms with Crippen molar-refractivity contribution >= 4 is 0 Å². The molecule has 2 heterocycles. The number of quaternary nitrogens is 9. The first-order valence-corrected chi connectivity index (χ1v) is 32.3. The van der Waals surface area contributed by atoms with Gasteiger partial charge in [0.15, 0.2) is 0 Å². The summed E-state index contributed by atoms with van der Waals surface area (Å²) in [5.74, 6) is 3.40. The van der Waals surface area contributed by atoms with Gasteiger partial charge in [0.05, 0.1) is 85.2 Å². The Balaban J connectivity index is -0.0000000546. The van der Waals surface area contributed by atoms with Gasteiger partial charge in [0.25, 0.3) is 0 Å². The predicted octanol–water partition coefficient (Wildman–Crippen LogP) is -3.97. The maximum Gasteiger partial charge on any atom is 0.0935 e. The van der Waals surface area contributed by atoms with E-state index in [1.807, 2.05) is 51.0 Å². The van der Waals surface area contributed by atoms with Gasteiger partial charge >= 0.3 is 0 Å². The highest BCUT2D eigenvalue weighted by molar-refractivity contribution is 5.23. The Kier molecular flexibility index (Phi) is 60.6. The summed E-state index contributed by atoms with van der Waals surface area (Å²) in [4.78, 5) is 8.85. The number of nitrogens with one attached hydrogen (secondary N) is 9. The molecule has 4 aliphatic rings. The van der Waals surface area contributed by atoms with Crippen molar-refractivity contribution in [3.63, 3.8) is 0 Å². The highest BCUT2D eigenvalue weighted by Crippen LogP contribution is 2.28. The minimum Gasteiger partial charge on any atom is -0.479 e. The third-order valence-electron chi connectivity index (χ3n) is 14.8. The lowest BCUT2D eigenvalue weighted by Gasteiger charge is -2.29. The lowest BCUT2D eigenvalue weighted by Crippen LogP contribution is -3.10. The Bertz CT molecular complexity index is 1700. The first kappa shape index (κ1) is 86.9. The van der Waals surface area contributed by atoms with Crippen LogP contribution in [-0.4, -0.2) is 166 Å². The summed E-state index contributed by atoms with van der Waals surface area (Å²) in [5, 5.41) is 10.5. The van der Waals surface area contributed by atoms with Crippen LogP contribution in [0.2, 0.25) is 0 Å². The van der Waals surface area contributed by atoms with Crippen LogP contribution in [0.3, 0.4) is 0 Å². The standard InChI is InChI=1S/C10H22N2.2C10H16N2.C9H20N2.C6H16N2O.C6H14N2.C6H16N2.C5H12N2.C4H12N2.13H2/c2*1-12(2)8-10-5-3-9(7-11)4-6-10;1-12(2)8-10-5-3-4-9(6-10)7-11;1-11-7-9-4-2-3-8(5-9)6-10;1-8(2)4-6-9-5-3-7;1-8-5-2-3-7-4-6-8;1-6(2,4-7)5-8-3;1-7-4-2-6-3-5-7;1-6(2)4-3-5;;;;;;;;;;;;;/h9-10,12H,1,3-8,11H2,2H3;2*3-6,12H,1,7-8,11H2,2H3;8-9H,1-7,10-11H2;8H,1,3-7H2,2H3;7-8H,1-6H2;3-5,7-8H2,1-2H3;6-7H,1-5H2;6H,1,3-5H2,2H3;13*1H. The fourth-order valence-electron chi connectivity index (χ4n) is 9.50. The number of nitrogens with two attached hydrogens (primary N) is 9. The van der Waals surface area contributed by atoms with Gasteiger partial charge in [-0.2, -0.15) is 63.4 Å². The number of piperazine rings is 1. The number of ether oxygens (including phenoxy) is 1. The second-order valence-electron chi connectivity index (χ2n) is 25.1. The van der Waals surface area contributed by atoms with Crippen LogP contribution in [0.4, 0.5) is 0 Å². The van der Waals surface area contributed by atoms with Crippen molar-refractivity contribution in [1.29, 1.82) is 0 Å². The second-order valence-corrected chi connectivity index (χ2v) is 25.1. The van der Waals surface area contributed by atoms with Gasteiger partial charge in [-0.05, 0) is 87.1 Å². The van der Waals surface area contributed by atoms with E-state index in [1.165, 1.54) is 150 Å². The molecule has 6 rings (SSSR count). The van der Waals surface area contributed by atoms with Gasteiger partial charge in [0, 0.05) is 147 Å². The molecule has 8 unspecified atom stereocenters. The Labute approximate surface area is 545 Å². The molecular weight excluding hydrogens is 1060 g/mol. The zero-order valence-corrected chi connectivity index (χ0v) is 56.2. The molecule has 0 radical (unpaired) electrons. The minimum absolute atomic E-state index is 0. The normalized spacial score (nSPS) is 21.2. The lowest BCUT2D eigenvalue weighted by molar-refractivity contribution is -0.855. The van der Waals surface area contributed by atoms with E-state index < -0.39 is 0 Å². The Hall–Kier alpha value is -2.32. The lowest BCUT2D eigenvalue weighted by atomic mass is 9.81. The SMILES string of the molecule is [CH2-][NH+](C)CC1CCC(CN)CC1.[CH2-][NH+](C)CCN.[CH2-][NH+](C)CCOCCN.[CH2-][NH+](C)Cc1ccc(CN)cc1.[CH2-][NH+](C)Cc1cccc(CN)c1.[CH2-][NH+]1CCCNCC1.[CH2-][NH+]1CCNCC1.[CH2-][NH2+]CC(C)(C)CN.[CH2-][NH2+]CC1CCCC(CN)C1.[HH].[HH].[HH].[HH].[HH].[HH].[HH].[HH].[HH].[HH].[HH].[HH].[HH].